The third kappa shape index (κ3) is 5.47. The van der Waals surface area contributed by atoms with Crippen LogP contribution < -0.4 is 0 Å². The van der Waals surface area contributed by atoms with Gasteiger partial charge in [-0.1, -0.05) is 24.3 Å². The minimum atomic E-state index is -0.496. The van der Waals surface area contributed by atoms with Gasteiger partial charge in [-0.3, -0.25) is 9.69 Å². The average Bonchev–Trinajstić information content (AvgIpc) is 3.21. The van der Waals surface area contributed by atoms with Crippen molar-refractivity contribution in [1.29, 1.82) is 0 Å². The molecule has 2 fully saturated rings. The van der Waals surface area contributed by atoms with Crippen molar-refractivity contribution in [2.45, 2.75) is 59.2 Å². The molecule has 37 heavy (non-hydrogen) atoms. The molecular formula is C30H40N4O3. The van der Waals surface area contributed by atoms with Crippen molar-refractivity contribution in [3.8, 4) is 0 Å². The highest BCUT2D eigenvalue weighted by atomic mass is 16.6. The van der Waals surface area contributed by atoms with Gasteiger partial charge in [0.15, 0.2) is 0 Å². The molecule has 1 aromatic heterocycles. The number of para-hydroxylation sites is 1. The molecule has 0 bridgehead atoms. The molecule has 0 unspecified atom stereocenters. The predicted octanol–water partition coefficient (Wildman–Crippen LogP) is 5.11. The van der Waals surface area contributed by atoms with Crippen LogP contribution in [0.15, 0.2) is 42.5 Å². The number of fused-ring (bicyclic) bond motifs is 3. The van der Waals surface area contributed by atoms with Crippen molar-refractivity contribution in [2.75, 3.05) is 39.3 Å². The maximum Gasteiger partial charge on any atom is 0.410 e. The average molecular weight is 505 g/mol. The smallest absolute Gasteiger partial charge is 0.410 e. The molecule has 0 saturated carbocycles. The molecule has 7 nitrogen and oxygen atoms in total. The Morgan fingerprint density at radius 3 is 2.22 bits per heavy atom. The number of ether oxygens (including phenoxy) is 1. The number of hydrogen-bond donors (Lipinski definition) is 0. The molecule has 2 aromatic carbocycles. The van der Waals surface area contributed by atoms with Gasteiger partial charge in [0, 0.05) is 80.1 Å². The minimum Gasteiger partial charge on any atom is -0.444 e. The summed E-state index contributed by atoms with van der Waals surface area (Å²) in [4.78, 5) is 31.8. The number of hydrogen-bond acceptors (Lipinski definition) is 4. The molecule has 0 radical (unpaired) electrons. The van der Waals surface area contributed by atoms with Crippen LogP contribution in [0.4, 0.5) is 4.79 Å². The van der Waals surface area contributed by atoms with Crippen molar-refractivity contribution in [3.63, 3.8) is 0 Å². The standard InChI is InChI=1S/C30H40N4O3/c1-5-34-26-9-7-6-8-24(26)25-20-22(10-11-27(25)34)21-31-16-18-32(19-17-31)28(35)23-12-14-33(15-13-23)29(36)37-30(2,3)4/h6-11,20,23H,5,12-19,21H2,1-4H3. The van der Waals surface area contributed by atoms with Gasteiger partial charge in [-0.2, -0.15) is 0 Å². The van der Waals surface area contributed by atoms with Crippen molar-refractivity contribution in [1.82, 2.24) is 19.3 Å². The molecule has 7 heteroatoms. The van der Waals surface area contributed by atoms with E-state index in [0.717, 1.165) is 39.3 Å². The van der Waals surface area contributed by atoms with Crippen LogP contribution in [-0.2, 0) is 22.6 Å². The molecule has 0 N–H and O–H groups in total. The number of piperazine rings is 1. The summed E-state index contributed by atoms with van der Waals surface area (Å²) in [5, 5.41) is 2.64. The van der Waals surface area contributed by atoms with Crippen LogP contribution in [0.1, 0.15) is 46.1 Å². The van der Waals surface area contributed by atoms with E-state index in [2.05, 4.69) is 58.9 Å². The first-order chi connectivity index (χ1) is 17.7. The third-order valence-electron chi connectivity index (χ3n) is 7.74. The number of likely N-dealkylation sites (tertiary alicyclic amines) is 1. The maximum absolute atomic E-state index is 13.2. The molecule has 198 valence electrons. The van der Waals surface area contributed by atoms with Gasteiger partial charge < -0.3 is 19.1 Å². The Kier molecular flexibility index (Phi) is 7.17. The Morgan fingerprint density at radius 1 is 0.865 bits per heavy atom. The number of amides is 2. The van der Waals surface area contributed by atoms with E-state index in [1.807, 2.05) is 25.7 Å². The highest BCUT2D eigenvalue weighted by molar-refractivity contribution is 6.08. The van der Waals surface area contributed by atoms with Crippen LogP contribution in [0.2, 0.25) is 0 Å². The summed E-state index contributed by atoms with van der Waals surface area (Å²) in [6, 6.07) is 15.5. The summed E-state index contributed by atoms with van der Waals surface area (Å²) in [6.45, 7) is 14.2. The first-order valence-electron chi connectivity index (χ1n) is 13.7. The Morgan fingerprint density at radius 2 is 1.54 bits per heavy atom. The van der Waals surface area contributed by atoms with Gasteiger partial charge in [0.2, 0.25) is 5.91 Å². The van der Waals surface area contributed by atoms with E-state index >= 15 is 0 Å². The van der Waals surface area contributed by atoms with Gasteiger partial charge in [0.25, 0.3) is 0 Å². The summed E-state index contributed by atoms with van der Waals surface area (Å²) in [5.41, 5.74) is 3.41. The molecule has 3 heterocycles. The Balaban J connectivity index is 1.15. The number of rotatable bonds is 4. The number of aryl methyl sites for hydroxylation is 1. The quantitative estimate of drug-likeness (QED) is 0.496. The van der Waals surface area contributed by atoms with Crippen molar-refractivity contribution in [2.24, 2.45) is 5.92 Å². The fraction of sp³-hybridized carbons (Fsp3) is 0.533. The fourth-order valence-electron chi connectivity index (χ4n) is 5.82. The second-order valence-electron chi connectivity index (χ2n) is 11.5. The zero-order valence-electron chi connectivity index (χ0n) is 22.7. The number of carbonyl (C=O) groups is 2. The van der Waals surface area contributed by atoms with Gasteiger partial charge in [0.05, 0.1) is 0 Å². The first kappa shape index (κ1) is 25.6. The minimum absolute atomic E-state index is 0.00327. The van der Waals surface area contributed by atoms with Crippen LogP contribution in [0.5, 0.6) is 0 Å². The number of piperidine rings is 1. The van der Waals surface area contributed by atoms with E-state index in [1.54, 1.807) is 4.90 Å². The highest BCUT2D eigenvalue weighted by Crippen LogP contribution is 2.30. The van der Waals surface area contributed by atoms with Crippen LogP contribution in [0.3, 0.4) is 0 Å². The molecule has 0 atom stereocenters. The Labute approximate surface area is 219 Å². The normalized spacial score (nSPS) is 18.1. The molecule has 2 amide bonds. The lowest BCUT2D eigenvalue weighted by molar-refractivity contribution is -0.139. The molecule has 0 spiro atoms. The van der Waals surface area contributed by atoms with Crippen LogP contribution >= 0.6 is 0 Å². The second kappa shape index (κ2) is 10.4. The lowest BCUT2D eigenvalue weighted by atomic mass is 9.95. The molecule has 0 aliphatic carbocycles. The van der Waals surface area contributed by atoms with Gasteiger partial charge in [-0.05, 0) is 64.3 Å². The van der Waals surface area contributed by atoms with Gasteiger partial charge >= 0.3 is 6.09 Å². The van der Waals surface area contributed by atoms with E-state index in [0.29, 0.717) is 25.9 Å². The maximum atomic E-state index is 13.2. The number of benzene rings is 2. The molecule has 2 aliphatic rings. The van der Waals surface area contributed by atoms with Crippen molar-refractivity contribution >= 4 is 33.8 Å². The fourth-order valence-corrected chi connectivity index (χ4v) is 5.82. The molecule has 3 aromatic rings. The highest BCUT2D eigenvalue weighted by Gasteiger charge is 2.33. The largest absolute Gasteiger partial charge is 0.444 e. The number of carbonyl (C=O) groups excluding carboxylic acids is 2. The molecular weight excluding hydrogens is 464 g/mol. The lowest BCUT2D eigenvalue weighted by Crippen LogP contribution is -2.51. The van der Waals surface area contributed by atoms with E-state index < -0.39 is 5.60 Å². The van der Waals surface area contributed by atoms with Crippen LogP contribution in [0.25, 0.3) is 21.8 Å². The first-order valence-corrected chi connectivity index (χ1v) is 13.7. The van der Waals surface area contributed by atoms with Gasteiger partial charge in [0.1, 0.15) is 5.60 Å². The van der Waals surface area contributed by atoms with Crippen LogP contribution in [-0.4, -0.2) is 76.1 Å². The van der Waals surface area contributed by atoms with Crippen LogP contribution in [0, 0.1) is 5.92 Å². The Hall–Kier alpha value is -3.06. The zero-order chi connectivity index (χ0) is 26.2. The number of aromatic nitrogens is 1. The van der Waals surface area contributed by atoms with E-state index in [-0.39, 0.29) is 17.9 Å². The van der Waals surface area contributed by atoms with Gasteiger partial charge in [-0.15, -0.1) is 0 Å². The summed E-state index contributed by atoms with van der Waals surface area (Å²) in [5.74, 6) is 0.251. The predicted molar refractivity (Wildman–Crippen MR) is 148 cm³/mol. The summed E-state index contributed by atoms with van der Waals surface area (Å²) in [7, 11) is 0. The third-order valence-corrected chi connectivity index (χ3v) is 7.74. The molecule has 5 rings (SSSR count). The number of nitrogens with zero attached hydrogens (tertiary/aromatic N) is 4. The van der Waals surface area contributed by atoms with E-state index in [4.69, 9.17) is 4.74 Å². The monoisotopic (exact) mass is 504 g/mol. The van der Waals surface area contributed by atoms with Crippen molar-refractivity contribution < 1.29 is 14.3 Å². The second-order valence-corrected chi connectivity index (χ2v) is 11.5. The summed E-state index contributed by atoms with van der Waals surface area (Å²) >= 11 is 0. The zero-order valence-corrected chi connectivity index (χ0v) is 22.7. The lowest BCUT2D eigenvalue weighted by Gasteiger charge is -2.38. The van der Waals surface area contributed by atoms with Gasteiger partial charge in [-0.25, -0.2) is 4.79 Å². The SMILES string of the molecule is CCn1c2ccccc2c2cc(CN3CCN(C(=O)C4CCN(C(=O)OC(C)(C)C)CC4)CC3)ccc21. The van der Waals surface area contributed by atoms with E-state index in [9.17, 15) is 9.59 Å². The summed E-state index contributed by atoms with van der Waals surface area (Å²) in [6.07, 6.45) is 1.15. The Bertz CT molecular complexity index is 1280. The molecule has 2 saturated heterocycles. The molecule has 2 aliphatic heterocycles. The van der Waals surface area contributed by atoms with Crippen molar-refractivity contribution in [3.05, 3.63) is 48.0 Å². The topological polar surface area (TPSA) is 58.0 Å². The van der Waals surface area contributed by atoms with E-state index in [1.165, 1.54) is 27.4 Å². The summed E-state index contributed by atoms with van der Waals surface area (Å²) < 4.78 is 7.87.